The maximum atomic E-state index is 12.8. The molecule has 0 radical (unpaired) electrons. The highest BCUT2D eigenvalue weighted by molar-refractivity contribution is 6.30. The molecule has 2 aromatic rings. The predicted molar refractivity (Wildman–Crippen MR) is 98.8 cm³/mol. The molecule has 2 aromatic carbocycles. The first kappa shape index (κ1) is 18.4. The van der Waals surface area contributed by atoms with Crippen LogP contribution in [0.25, 0.3) is 0 Å². The lowest BCUT2D eigenvalue weighted by molar-refractivity contribution is -0.133. The summed E-state index contributed by atoms with van der Waals surface area (Å²) in [5.74, 6) is -1.12. The molecule has 1 heterocycles. The summed E-state index contributed by atoms with van der Waals surface area (Å²) < 4.78 is 0. The number of halogens is 1. The molecule has 1 atom stereocenters. The van der Waals surface area contributed by atoms with Gasteiger partial charge >= 0.3 is 6.03 Å². The van der Waals surface area contributed by atoms with Gasteiger partial charge in [0, 0.05) is 5.02 Å². The zero-order valence-corrected chi connectivity index (χ0v) is 15.1. The number of rotatable bonds is 4. The van der Waals surface area contributed by atoms with Gasteiger partial charge in [0.05, 0.1) is 11.3 Å². The molecule has 0 aliphatic carbocycles. The molecule has 2 N–H and O–H groups in total. The molecule has 1 fully saturated rings. The highest BCUT2D eigenvalue weighted by Gasteiger charge is 2.49. The molecule has 0 saturated carbocycles. The van der Waals surface area contributed by atoms with Gasteiger partial charge in [0.15, 0.2) is 0 Å². The molecule has 8 heteroatoms. The van der Waals surface area contributed by atoms with Gasteiger partial charge in [-0.3, -0.25) is 14.5 Å². The quantitative estimate of drug-likeness (QED) is 0.793. The minimum Gasteiger partial charge on any atom is -0.323 e. The molecule has 0 aromatic heterocycles. The number of hydrogen-bond donors (Lipinski definition) is 2. The third-order valence-electron chi connectivity index (χ3n) is 4.32. The Kier molecular flexibility index (Phi) is 4.84. The fraction of sp³-hybridized carbons (Fsp3) is 0.158. The summed E-state index contributed by atoms with van der Waals surface area (Å²) in [5.41, 5.74) is -0.124. The zero-order chi connectivity index (χ0) is 19.6. The molecule has 27 heavy (non-hydrogen) atoms. The Morgan fingerprint density at radius 3 is 2.56 bits per heavy atom. The Hall–Kier alpha value is -3.37. The maximum absolute atomic E-state index is 12.8. The van der Waals surface area contributed by atoms with E-state index in [1.807, 2.05) is 6.07 Å². The largest absolute Gasteiger partial charge is 0.325 e. The topological polar surface area (TPSA) is 102 Å². The molecule has 7 nitrogen and oxygen atoms in total. The van der Waals surface area contributed by atoms with E-state index >= 15 is 0 Å². The van der Waals surface area contributed by atoms with Gasteiger partial charge in [-0.25, -0.2) is 4.79 Å². The van der Waals surface area contributed by atoms with Crippen LogP contribution < -0.4 is 10.6 Å². The summed E-state index contributed by atoms with van der Waals surface area (Å²) in [6, 6.07) is 14.3. The Morgan fingerprint density at radius 1 is 1.22 bits per heavy atom. The monoisotopic (exact) mass is 382 g/mol. The summed E-state index contributed by atoms with van der Waals surface area (Å²) in [6.07, 6.45) is 0. The van der Waals surface area contributed by atoms with E-state index in [4.69, 9.17) is 16.9 Å². The highest BCUT2D eigenvalue weighted by atomic mass is 35.5. The lowest BCUT2D eigenvalue weighted by Gasteiger charge is -2.22. The Morgan fingerprint density at radius 2 is 1.89 bits per heavy atom. The van der Waals surface area contributed by atoms with Crippen LogP contribution in [0.4, 0.5) is 10.5 Å². The van der Waals surface area contributed by atoms with Crippen LogP contribution in [-0.4, -0.2) is 29.3 Å². The molecule has 4 amide bonds. The van der Waals surface area contributed by atoms with E-state index < -0.39 is 29.9 Å². The lowest BCUT2D eigenvalue weighted by Crippen LogP contribution is -2.42. The first-order valence-electron chi connectivity index (χ1n) is 8.04. The van der Waals surface area contributed by atoms with Crippen molar-refractivity contribution in [2.75, 3.05) is 11.9 Å². The van der Waals surface area contributed by atoms with Crippen molar-refractivity contribution in [2.24, 2.45) is 0 Å². The number of nitriles is 1. The molecule has 0 spiro atoms. The number of hydrogen-bond acceptors (Lipinski definition) is 4. The first-order valence-corrected chi connectivity index (χ1v) is 8.42. The molecule has 1 saturated heterocycles. The number of carbonyl (C=O) groups excluding carboxylic acids is 3. The number of benzene rings is 2. The van der Waals surface area contributed by atoms with Crippen molar-refractivity contribution in [1.29, 1.82) is 5.26 Å². The number of carbonyl (C=O) groups is 3. The van der Waals surface area contributed by atoms with Gasteiger partial charge in [-0.2, -0.15) is 5.26 Å². The third-order valence-corrected chi connectivity index (χ3v) is 4.57. The van der Waals surface area contributed by atoms with Gasteiger partial charge in [-0.15, -0.1) is 0 Å². The van der Waals surface area contributed by atoms with Crippen LogP contribution in [0, 0.1) is 11.3 Å². The molecule has 1 aliphatic heterocycles. The van der Waals surface area contributed by atoms with Gasteiger partial charge in [0.1, 0.15) is 18.2 Å². The van der Waals surface area contributed by atoms with Crippen LogP contribution in [0.5, 0.6) is 0 Å². The summed E-state index contributed by atoms with van der Waals surface area (Å²) >= 11 is 5.87. The summed E-state index contributed by atoms with van der Waals surface area (Å²) in [7, 11) is 0. The molecule has 1 unspecified atom stereocenters. The van der Waals surface area contributed by atoms with Crippen molar-refractivity contribution in [3.63, 3.8) is 0 Å². The second kappa shape index (κ2) is 7.09. The van der Waals surface area contributed by atoms with Crippen molar-refractivity contribution in [1.82, 2.24) is 10.2 Å². The normalized spacial score (nSPS) is 18.8. The second-order valence-electron chi connectivity index (χ2n) is 6.16. The maximum Gasteiger partial charge on any atom is 0.325 e. The van der Waals surface area contributed by atoms with Crippen LogP contribution >= 0.6 is 11.6 Å². The minimum atomic E-state index is -1.29. The average Bonchev–Trinajstić information content (AvgIpc) is 2.86. The van der Waals surface area contributed by atoms with E-state index in [9.17, 15) is 14.4 Å². The van der Waals surface area contributed by atoms with Crippen LogP contribution in [0.2, 0.25) is 5.02 Å². The first-order chi connectivity index (χ1) is 12.8. The Labute approximate surface area is 160 Å². The predicted octanol–water partition coefficient (Wildman–Crippen LogP) is 2.62. The third kappa shape index (κ3) is 3.48. The number of anilines is 1. The summed E-state index contributed by atoms with van der Waals surface area (Å²) in [6.45, 7) is 1.10. The number of para-hydroxylation sites is 1. The molecule has 136 valence electrons. The number of nitrogens with one attached hydrogen (secondary N) is 2. The van der Waals surface area contributed by atoms with Gasteiger partial charge in [0.25, 0.3) is 5.91 Å². The average molecular weight is 383 g/mol. The van der Waals surface area contributed by atoms with Gasteiger partial charge < -0.3 is 10.6 Å². The van der Waals surface area contributed by atoms with Crippen molar-refractivity contribution in [3.05, 3.63) is 64.7 Å². The fourth-order valence-electron chi connectivity index (χ4n) is 2.84. The summed E-state index contributed by atoms with van der Waals surface area (Å²) in [4.78, 5) is 38.3. The molecule has 3 rings (SSSR count). The number of imide groups is 1. The minimum absolute atomic E-state index is 0.286. The van der Waals surface area contributed by atoms with Gasteiger partial charge in [-0.1, -0.05) is 35.9 Å². The van der Waals surface area contributed by atoms with Crippen LogP contribution in [-0.2, 0) is 15.1 Å². The zero-order valence-electron chi connectivity index (χ0n) is 14.3. The van der Waals surface area contributed by atoms with E-state index in [-0.39, 0.29) is 5.56 Å². The standard InChI is InChI=1S/C19H15ClN4O3/c1-19(13-6-8-14(20)9-7-13)17(26)24(18(27)23-19)11-16(25)22-15-5-3-2-4-12(15)10-21/h2-9H,11H2,1H3,(H,22,25)(H,23,27). The van der Waals surface area contributed by atoms with E-state index in [2.05, 4.69) is 10.6 Å². The Balaban J connectivity index is 1.77. The van der Waals surface area contributed by atoms with Gasteiger partial charge in [-0.05, 0) is 36.8 Å². The number of nitrogens with zero attached hydrogens (tertiary/aromatic N) is 2. The van der Waals surface area contributed by atoms with Crippen LogP contribution in [0.3, 0.4) is 0 Å². The van der Waals surface area contributed by atoms with Crippen LogP contribution in [0.1, 0.15) is 18.1 Å². The van der Waals surface area contributed by atoms with Crippen molar-refractivity contribution in [3.8, 4) is 6.07 Å². The van der Waals surface area contributed by atoms with Crippen molar-refractivity contribution >= 4 is 35.1 Å². The van der Waals surface area contributed by atoms with Gasteiger partial charge in [0.2, 0.25) is 5.91 Å². The molecule has 0 bridgehead atoms. The van der Waals surface area contributed by atoms with Crippen LogP contribution in [0.15, 0.2) is 48.5 Å². The van der Waals surface area contributed by atoms with Crippen molar-refractivity contribution in [2.45, 2.75) is 12.5 Å². The number of urea groups is 1. The van der Waals surface area contributed by atoms with E-state index in [0.717, 1.165) is 4.90 Å². The van der Waals surface area contributed by atoms with E-state index in [1.54, 1.807) is 55.5 Å². The SMILES string of the molecule is CC1(c2ccc(Cl)cc2)NC(=O)N(CC(=O)Nc2ccccc2C#N)C1=O. The highest BCUT2D eigenvalue weighted by Crippen LogP contribution is 2.29. The smallest absolute Gasteiger partial charge is 0.323 e. The molecular weight excluding hydrogens is 368 g/mol. The molecule has 1 aliphatic rings. The van der Waals surface area contributed by atoms with E-state index in [0.29, 0.717) is 16.3 Å². The Bertz CT molecular complexity index is 968. The lowest BCUT2D eigenvalue weighted by atomic mass is 9.92. The summed E-state index contributed by atoms with van der Waals surface area (Å²) in [5, 5.41) is 14.8. The van der Waals surface area contributed by atoms with Crippen molar-refractivity contribution < 1.29 is 14.4 Å². The molecular formula is C19H15ClN4O3. The number of amides is 4. The fourth-order valence-corrected chi connectivity index (χ4v) is 2.97. The van der Waals surface area contributed by atoms with E-state index in [1.165, 1.54) is 0 Å². The second-order valence-corrected chi connectivity index (χ2v) is 6.60.